The van der Waals surface area contributed by atoms with E-state index in [1.807, 2.05) is 43.3 Å². The van der Waals surface area contributed by atoms with E-state index in [0.29, 0.717) is 12.1 Å². The maximum Gasteiger partial charge on any atom is 0.306 e. The van der Waals surface area contributed by atoms with Gasteiger partial charge in [0.25, 0.3) is 5.91 Å². The summed E-state index contributed by atoms with van der Waals surface area (Å²) in [7, 11) is 1.59. The van der Waals surface area contributed by atoms with Crippen LogP contribution in [0.15, 0.2) is 46.9 Å². The molecule has 0 spiro atoms. The molecule has 1 N–H and O–H groups in total. The predicted molar refractivity (Wildman–Crippen MR) is 104 cm³/mol. The van der Waals surface area contributed by atoms with Gasteiger partial charge in [0, 0.05) is 10.9 Å². The molecule has 2 rings (SSSR count). The van der Waals surface area contributed by atoms with Crippen LogP contribution in [0.25, 0.3) is 0 Å². The SMILES string of the molecule is COc1ccccc1CCC(=O)O[C@@H](C)C(=O)Nc1ccc(C)cc1Br. The molecule has 0 aliphatic heterocycles. The molecule has 0 saturated heterocycles. The molecule has 0 bridgehead atoms. The van der Waals surface area contributed by atoms with Gasteiger partial charge in [0.1, 0.15) is 5.75 Å². The van der Waals surface area contributed by atoms with E-state index in [0.717, 1.165) is 21.3 Å². The highest BCUT2D eigenvalue weighted by Crippen LogP contribution is 2.24. The number of carbonyl (C=O) groups excluding carboxylic acids is 2. The zero-order chi connectivity index (χ0) is 19.1. The Morgan fingerprint density at radius 1 is 1.19 bits per heavy atom. The maximum atomic E-state index is 12.2. The fourth-order valence-electron chi connectivity index (χ4n) is 2.41. The highest BCUT2D eigenvalue weighted by molar-refractivity contribution is 9.10. The van der Waals surface area contributed by atoms with Gasteiger partial charge in [-0.1, -0.05) is 24.3 Å². The monoisotopic (exact) mass is 419 g/mol. The number of benzene rings is 2. The van der Waals surface area contributed by atoms with E-state index in [-0.39, 0.29) is 12.3 Å². The fraction of sp³-hybridized carbons (Fsp3) is 0.300. The Hall–Kier alpha value is -2.34. The van der Waals surface area contributed by atoms with Crippen molar-refractivity contribution in [3.63, 3.8) is 0 Å². The van der Waals surface area contributed by atoms with Gasteiger partial charge in [-0.3, -0.25) is 9.59 Å². The van der Waals surface area contributed by atoms with Crippen LogP contribution in [-0.2, 0) is 20.7 Å². The zero-order valence-electron chi connectivity index (χ0n) is 15.0. The molecule has 0 unspecified atom stereocenters. The summed E-state index contributed by atoms with van der Waals surface area (Å²) in [5.41, 5.74) is 2.64. The number of rotatable bonds is 7. The van der Waals surface area contributed by atoms with E-state index < -0.39 is 12.1 Å². The number of esters is 1. The number of ether oxygens (including phenoxy) is 2. The van der Waals surface area contributed by atoms with Gasteiger partial charge in [-0.25, -0.2) is 0 Å². The molecule has 5 nitrogen and oxygen atoms in total. The smallest absolute Gasteiger partial charge is 0.306 e. The minimum absolute atomic E-state index is 0.173. The van der Waals surface area contributed by atoms with Gasteiger partial charge in [0.15, 0.2) is 6.10 Å². The van der Waals surface area contributed by atoms with Crippen molar-refractivity contribution in [1.29, 1.82) is 0 Å². The molecule has 1 atom stereocenters. The molecule has 0 heterocycles. The number of aryl methyl sites for hydroxylation is 2. The molecular weight excluding hydrogens is 398 g/mol. The van der Waals surface area contributed by atoms with Crippen molar-refractivity contribution >= 4 is 33.5 Å². The molecular formula is C20H22BrNO4. The molecule has 26 heavy (non-hydrogen) atoms. The molecule has 138 valence electrons. The number of amides is 1. The second kappa shape index (κ2) is 9.38. The molecule has 2 aromatic rings. The summed E-state index contributed by atoms with van der Waals surface area (Å²) in [5, 5.41) is 2.75. The Kier molecular flexibility index (Phi) is 7.21. The Bertz CT molecular complexity index is 791. The summed E-state index contributed by atoms with van der Waals surface area (Å²) in [4.78, 5) is 24.3. The van der Waals surface area contributed by atoms with Crippen molar-refractivity contribution < 1.29 is 19.1 Å². The van der Waals surface area contributed by atoms with Crippen LogP contribution >= 0.6 is 15.9 Å². The number of methoxy groups -OCH3 is 1. The molecule has 0 aromatic heterocycles. The quantitative estimate of drug-likeness (QED) is 0.680. The highest BCUT2D eigenvalue weighted by atomic mass is 79.9. The third-order valence-corrected chi connectivity index (χ3v) is 4.51. The van der Waals surface area contributed by atoms with Gasteiger partial charge in [0.2, 0.25) is 0 Å². The first kappa shape index (κ1) is 20.0. The Morgan fingerprint density at radius 3 is 2.62 bits per heavy atom. The van der Waals surface area contributed by atoms with Gasteiger partial charge in [-0.05, 0) is 65.5 Å². The van der Waals surface area contributed by atoms with Crippen LogP contribution < -0.4 is 10.1 Å². The minimum atomic E-state index is -0.881. The van der Waals surface area contributed by atoms with Crippen molar-refractivity contribution in [2.75, 3.05) is 12.4 Å². The molecule has 0 radical (unpaired) electrons. The average Bonchev–Trinajstić information content (AvgIpc) is 2.62. The first-order valence-corrected chi connectivity index (χ1v) is 9.08. The molecule has 0 saturated carbocycles. The molecule has 6 heteroatoms. The van der Waals surface area contributed by atoms with Gasteiger partial charge < -0.3 is 14.8 Å². The van der Waals surface area contributed by atoms with E-state index >= 15 is 0 Å². The van der Waals surface area contributed by atoms with Gasteiger partial charge >= 0.3 is 5.97 Å². The summed E-state index contributed by atoms with van der Waals surface area (Å²) in [6.07, 6.45) is -0.221. The second-order valence-corrected chi connectivity index (χ2v) is 6.77. The zero-order valence-corrected chi connectivity index (χ0v) is 16.6. The third-order valence-electron chi connectivity index (χ3n) is 3.85. The third kappa shape index (κ3) is 5.59. The first-order valence-electron chi connectivity index (χ1n) is 8.29. The van der Waals surface area contributed by atoms with Crippen LogP contribution in [-0.4, -0.2) is 25.1 Å². The molecule has 0 fully saturated rings. The Balaban J connectivity index is 1.86. The van der Waals surface area contributed by atoms with Gasteiger partial charge in [-0.15, -0.1) is 0 Å². The number of carbonyl (C=O) groups is 2. The number of anilines is 1. The maximum absolute atomic E-state index is 12.2. The van der Waals surface area contributed by atoms with Crippen molar-refractivity contribution in [3.05, 3.63) is 58.1 Å². The minimum Gasteiger partial charge on any atom is -0.496 e. The predicted octanol–water partition coefficient (Wildman–Crippen LogP) is 4.27. The second-order valence-electron chi connectivity index (χ2n) is 5.92. The first-order chi connectivity index (χ1) is 12.4. The van der Waals surface area contributed by atoms with Crippen molar-refractivity contribution in [1.82, 2.24) is 0 Å². The van der Waals surface area contributed by atoms with Crippen LogP contribution in [0, 0.1) is 6.92 Å². The number of hydrogen-bond acceptors (Lipinski definition) is 4. The normalized spacial score (nSPS) is 11.5. The lowest BCUT2D eigenvalue weighted by atomic mass is 10.1. The topological polar surface area (TPSA) is 64.6 Å². The number of nitrogens with one attached hydrogen (secondary N) is 1. The van der Waals surface area contributed by atoms with E-state index in [1.165, 1.54) is 0 Å². The lowest BCUT2D eigenvalue weighted by Crippen LogP contribution is -2.30. The molecule has 0 aliphatic carbocycles. The van der Waals surface area contributed by atoms with Crippen LogP contribution in [0.5, 0.6) is 5.75 Å². The van der Waals surface area contributed by atoms with Crippen LogP contribution in [0.2, 0.25) is 0 Å². The summed E-state index contributed by atoms with van der Waals surface area (Å²) < 4.78 is 11.3. The Labute approximate surface area is 161 Å². The summed E-state index contributed by atoms with van der Waals surface area (Å²) >= 11 is 3.41. The van der Waals surface area contributed by atoms with Crippen molar-refractivity contribution in [2.24, 2.45) is 0 Å². The summed E-state index contributed by atoms with van der Waals surface area (Å²) in [6, 6.07) is 13.1. The molecule has 1 amide bonds. The molecule has 0 aliphatic rings. The summed E-state index contributed by atoms with van der Waals surface area (Å²) in [6.45, 7) is 3.51. The van der Waals surface area contributed by atoms with Crippen LogP contribution in [0.4, 0.5) is 5.69 Å². The molecule has 2 aromatic carbocycles. The number of halogens is 1. The Morgan fingerprint density at radius 2 is 1.92 bits per heavy atom. The van der Waals surface area contributed by atoms with E-state index in [2.05, 4.69) is 21.2 Å². The lowest BCUT2D eigenvalue weighted by molar-refractivity contribution is -0.153. The lowest BCUT2D eigenvalue weighted by Gasteiger charge is -2.15. The van der Waals surface area contributed by atoms with Crippen molar-refractivity contribution in [3.8, 4) is 5.75 Å². The summed E-state index contributed by atoms with van der Waals surface area (Å²) in [5.74, 6) is -0.0722. The van der Waals surface area contributed by atoms with E-state index in [9.17, 15) is 9.59 Å². The largest absolute Gasteiger partial charge is 0.496 e. The van der Waals surface area contributed by atoms with E-state index in [4.69, 9.17) is 9.47 Å². The standard InChI is InChI=1S/C20H22BrNO4/c1-13-8-10-17(16(21)12-13)22-20(24)14(2)26-19(23)11-9-15-6-4-5-7-18(15)25-3/h4-8,10,12,14H,9,11H2,1-3H3,(H,22,24)/t14-/m0/s1. The number of para-hydroxylation sites is 1. The van der Waals surface area contributed by atoms with E-state index in [1.54, 1.807) is 20.1 Å². The van der Waals surface area contributed by atoms with Gasteiger partial charge in [-0.2, -0.15) is 0 Å². The van der Waals surface area contributed by atoms with Gasteiger partial charge in [0.05, 0.1) is 12.8 Å². The van der Waals surface area contributed by atoms with Crippen LogP contribution in [0.3, 0.4) is 0 Å². The number of hydrogen-bond donors (Lipinski definition) is 1. The van der Waals surface area contributed by atoms with Crippen molar-refractivity contribution in [2.45, 2.75) is 32.8 Å². The fourth-order valence-corrected chi connectivity index (χ4v) is 3.00. The average molecular weight is 420 g/mol. The van der Waals surface area contributed by atoms with Crippen LogP contribution in [0.1, 0.15) is 24.5 Å². The highest BCUT2D eigenvalue weighted by Gasteiger charge is 2.19.